The second-order valence-electron chi connectivity index (χ2n) is 11.3. The summed E-state index contributed by atoms with van der Waals surface area (Å²) in [5, 5.41) is 3.06. The largest absolute Gasteiger partial charge is 0.427 e. The Balaban J connectivity index is 1.48. The number of benzene rings is 4. The molecular weight excluding hydrogens is 540 g/mol. The number of ketones is 2. The first-order valence-corrected chi connectivity index (χ1v) is 14.2. The normalized spacial score (nSPS) is 22.9. The first kappa shape index (κ1) is 26.6. The van der Waals surface area contributed by atoms with E-state index in [1.807, 2.05) is 84.8 Å². The Morgan fingerprint density at radius 2 is 1.47 bits per heavy atom. The van der Waals surface area contributed by atoms with Gasteiger partial charge in [-0.2, -0.15) is 0 Å². The summed E-state index contributed by atoms with van der Waals surface area (Å²) >= 11 is 0. The van der Waals surface area contributed by atoms with Crippen molar-refractivity contribution in [1.29, 1.82) is 0 Å². The standard InChI is InChI=1S/C36H28N2O5/c1-21-11-13-24(14-12-21)32(40)30-31(33(41)25-15-17-26(18-16-25)43-22(2)39)38-20-19-23-7-3-4-8-27(23)34(38)36(30)28-9-5-6-10-29(28)37-35(36)42/h3-20,30-31,34H,1-2H3,(H,37,42)/t30-,31-,34+,36+/m0/s1. The lowest BCUT2D eigenvalue weighted by atomic mass is 9.62. The Kier molecular flexibility index (Phi) is 6.13. The molecule has 212 valence electrons. The van der Waals surface area contributed by atoms with Gasteiger partial charge < -0.3 is 15.0 Å². The third-order valence-electron chi connectivity index (χ3n) is 8.86. The number of amides is 1. The summed E-state index contributed by atoms with van der Waals surface area (Å²) in [5.74, 6) is -2.09. The summed E-state index contributed by atoms with van der Waals surface area (Å²) in [4.78, 5) is 57.3. The van der Waals surface area contributed by atoms with E-state index in [2.05, 4.69) is 5.32 Å². The number of hydrogen-bond acceptors (Lipinski definition) is 6. The molecule has 0 unspecified atom stereocenters. The van der Waals surface area contributed by atoms with Gasteiger partial charge in [-0.1, -0.05) is 72.3 Å². The molecule has 0 aliphatic carbocycles. The minimum absolute atomic E-state index is 0.276. The van der Waals surface area contributed by atoms with Crippen LogP contribution in [0.25, 0.3) is 6.08 Å². The highest BCUT2D eigenvalue weighted by Crippen LogP contribution is 2.62. The van der Waals surface area contributed by atoms with Gasteiger partial charge in [-0.05, 0) is 60.0 Å². The molecule has 0 bridgehead atoms. The van der Waals surface area contributed by atoms with E-state index in [4.69, 9.17) is 4.74 Å². The van der Waals surface area contributed by atoms with Gasteiger partial charge in [-0.15, -0.1) is 0 Å². The highest BCUT2D eigenvalue weighted by Gasteiger charge is 2.70. The summed E-state index contributed by atoms with van der Waals surface area (Å²) in [7, 11) is 0. The van der Waals surface area contributed by atoms with Gasteiger partial charge in [0.05, 0.1) is 12.0 Å². The molecule has 7 heteroatoms. The zero-order valence-electron chi connectivity index (χ0n) is 23.6. The number of hydrogen-bond donors (Lipinski definition) is 1. The monoisotopic (exact) mass is 568 g/mol. The van der Waals surface area contributed by atoms with Crippen molar-refractivity contribution < 1.29 is 23.9 Å². The van der Waals surface area contributed by atoms with Gasteiger partial charge in [-0.25, -0.2) is 0 Å². The number of aryl methyl sites for hydroxylation is 1. The van der Waals surface area contributed by atoms with Crippen molar-refractivity contribution >= 4 is 35.2 Å². The maximum Gasteiger partial charge on any atom is 0.308 e. The van der Waals surface area contributed by atoms with Gasteiger partial charge in [0.1, 0.15) is 17.2 Å². The van der Waals surface area contributed by atoms with Crippen LogP contribution in [-0.2, 0) is 15.0 Å². The van der Waals surface area contributed by atoms with Gasteiger partial charge in [0.15, 0.2) is 11.6 Å². The van der Waals surface area contributed by atoms with E-state index in [1.54, 1.807) is 36.4 Å². The highest BCUT2D eigenvalue weighted by molar-refractivity contribution is 6.16. The van der Waals surface area contributed by atoms with Crippen LogP contribution in [0, 0.1) is 12.8 Å². The number of rotatable bonds is 5. The van der Waals surface area contributed by atoms with Crippen molar-refractivity contribution in [1.82, 2.24) is 4.90 Å². The molecule has 1 spiro atoms. The minimum Gasteiger partial charge on any atom is -0.427 e. The lowest BCUT2D eigenvalue weighted by Crippen LogP contribution is -2.49. The number of Topliss-reactive ketones (excluding diaryl/α,β-unsaturated/α-hetero) is 2. The van der Waals surface area contributed by atoms with Crippen LogP contribution < -0.4 is 10.1 Å². The number of carbonyl (C=O) groups excluding carboxylic acids is 4. The van der Waals surface area contributed by atoms with Crippen molar-refractivity contribution in [3.8, 4) is 5.75 Å². The van der Waals surface area contributed by atoms with Gasteiger partial charge in [0, 0.05) is 29.9 Å². The van der Waals surface area contributed by atoms with Crippen LogP contribution in [-0.4, -0.2) is 34.4 Å². The molecule has 1 N–H and O–H groups in total. The smallest absolute Gasteiger partial charge is 0.308 e. The fraction of sp³-hybridized carbons (Fsp3) is 0.167. The predicted octanol–water partition coefficient (Wildman–Crippen LogP) is 5.90. The molecule has 7 nitrogen and oxygen atoms in total. The Bertz CT molecular complexity index is 1840. The summed E-state index contributed by atoms with van der Waals surface area (Å²) in [6.07, 6.45) is 3.78. The molecule has 7 rings (SSSR count). The topological polar surface area (TPSA) is 92.8 Å². The highest BCUT2D eigenvalue weighted by atomic mass is 16.5. The van der Waals surface area contributed by atoms with E-state index in [9.17, 15) is 19.2 Å². The van der Waals surface area contributed by atoms with Crippen molar-refractivity contribution in [2.75, 3.05) is 5.32 Å². The van der Waals surface area contributed by atoms with Crippen LogP contribution >= 0.6 is 0 Å². The molecular formula is C36H28N2O5. The van der Waals surface area contributed by atoms with Gasteiger partial charge in [0.2, 0.25) is 5.91 Å². The average Bonchev–Trinajstić information content (AvgIpc) is 3.49. The van der Waals surface area contributed by atoms with Gasteiger partial charge in [0.25, 0.3) is 0 Å². The molecule has 4 aromatic carbocycles. The van der Waals surface area contributed by atoms with Crippen LogP contribution in [0.1, 0.15) is 55.9 Å². The Morgan fingerprint density at radius 3 is 2.21 bits per heavy atom. The van der Waals surface area contributed by atoms with Crippen LogP contribution in [0.5, 0.6) is 5.75 Å². The molecule has 1 fully saturated rings. The van der Waals surface area contributed by atoms with Crippen LogP contribution in [0.15, 0.2) is 103 Å². The first-order chi connectivity index (χ1) is 20.8. The van der Waals surface area contributed by atoms with E-state index < -0.39 is 29.4 Å². The van der Waals surface area contributed by atoms with Crippen molar-refractivity contribution in [3.05, 3.63) is 137 Å². The quantitative estimate of drug-likeness (QED) is 0.183. The number of ether oxygens (including phenoxy) is 1. The van der Waals surface area contributed by atoms with Crippen molar-refractivity contribution in [2.24, 2.45) is 5.92 Å². The maximum atomic E-state index is 14.8. The Morgan fingerprint density at radius 1 is 0.814 bits per heavy atom. The minimum atomic E-state index is -1.39. The second kappa shape index (κ2) is 9.91. The zero-order chi connectivity index (χ0) is 29.9. The van der Waals surface area contributed by atoms with E-state index in [0.717, 1.165) is 16.7 Å². The molecule has 1 amide bonds. The third-order valence-corrected chi connectivity index (χ3v) is 8.86. The van der Waals surface area contributed by atoms with Crippen molar-refractivity contribution in [3.63, 3.8) is 0 Å². The molecule has 43 heavy (non-hydrogen) atoms. The van der Waals surface area contributed by atoms with Crippen LogP contribution in [0.4, 0.5) is 5.69 Å². The number of anilines is 1. The van der Waals surface area contributed by atoms with E-state index in [1.165, 1.54) is 6.92 Å². The van der Waals surface area contributed by atoms with Gasteiger partial charge >= 0.3 is 5.97 Å². The number of esters is 1. The van der Waals surface area contributed by atoms with Gasteiger partial charge in [-0.3, -0.25) is 19.2 Å². The number of para-hydroxylation sites is 1. The lowest BCUT2D eigenvalue weighted by molar-refractivity contribution is -0.131. The third kappa shape index (κ3) is 3.96. The molecule has 0 aromatic heterocycles. The lowest BCUT2D eigenvalue weighted by Gasteiger charge is -2.38. The van der Waals surface area contributed by atoms with E-state index in [-0.39, 0.29) is 17.5 Å². The fourth-order valence-electron chi connectivity index (χ4n) is 7.09. The number of nitrogens with zero attached hydrogens (tertiary/aromatic N) is 1. The molecule has 3 aliphatic heterocycles. The SMILES string of the molecule is CC(=O)Oc1ccc(C(=O)[C@@H]2[C@@H](C(=O)c3ccc(C)cc3)[C@@]3(C(=O)Nc4ccccc43)[C@H]3c4ccccc4C=CN23)cc1. The molecule has 3 heterocycles. The Labute approximate surface area is 248 Å². The second-order valence-corrected chi connectivity index (χ2v) is 11.3. The fourth-order valence-corrected chi connectivity index (χ4v) is 7.09. The number of carbonyl (C=O) groups is 4. The molecule has 0 saturated carbocycles. The number of fused-ring (bicyclic) bond motifs is 6. The molecule has 1 saturated heterocycles. The summed E-state index contributed by atoms with van der Waals surface area (Å²) in [5.41, 5.74) is 3.53. The Hall–Kier alpha value is -5.30. The summed E-state index contributed by atoms with van der Waals surface area (Å²) < 4.78 is 5.18. The average molecular weight is 569 g/mol. The molecule has 0 radical (unpaired) electrons. The molecule has 4 atom stereocenters. The van der Waals surface area contributed by atoms with Crippen LogP contribution in [0.2, 0.25) is 0 Å². The predicted molar refractivity (Wildman–Crippen MR) is 162 cm³/mol. The molecule has 3 aliphatic rings. The maximum absolute atomic E-state index is 14.8. The zero-order valence-corrected chi connectivity index (χ0v) is 23.6. The van der Waals surface area contributed by atoms with Crippen molar-refractivity contribution in [2.45, 2.75) is 31.3 Å². The van der Waals surface area contributed by atoms with E-state index in [0.29, 0.717) is 28.1 Å². The number of nitrogens with one attached hydrogen (secondary N) is 1. The first-order valence-electron chi connectivity index (χ1n) is 14.2. The summed E-state index contributed by atoms with van der Waals surface area (Å²) in [6, 6.07) is 27.2. The van der Waals surface area contributed by atoms with Crippen LogP contribution in [0.3, 0.4) is 0 Å². The summed E-state index contributed by atoms with van der Waals surface area (Å²) in [6.45, 7) is 3.25. The molecule has 4 aromatic rings. The van der Waals surface area contributed by atoms with E-state index >= 15 is 0 Å².